The standard InChI is InChI=1S/C15H12BrN3O2/c16-14-7-6-13(21-14)15(20)17-10-11-4-1-2-5-12(11)19-9-3-8-18-19/h1-9H,10H2,(H,17,20). The molecule has 0 aliphatic rings. The van der Waals surface area contributed by atoms with Crippen LogP contribution in [0, 0.1) is 0 Å². The molecule has 0 bridgehead atoms. The fraction of sp³-hybridized carbons (Fsp3) is 0.0667. The van der Waals surface area contributed by atoms with Gasteiger partial charge in [0.2, 0.25) is 0 Å². The molecule has 6 heteroatoms. The fourth-order valence-corrected chi connectivity index (χ4v) is 2.30. The highest BCUT2D eigenvalue weighted by Crippen LogP contribution is 2.15. The number of hydrogen-bond acceptors (Lipinski definition) is 3. The maximum Gasteiger partial charge on any atom is 0.287 e. The monoisotopic (exact) mass is 345 g/mol. The van der Waals surface area contributed by atoms with Crippen molar-refractivity contribution in [2.24, 2.45) is 0 Å². The molecule has 0 fully saturated rings. The van der Waals surface area contributed by atoms with E-state index in [1.54, 1.807) is 23.0 Å². The van der Waals surface area contributed by atoms with Gasteiger partial charge in [0.1, 0.15) is 0 Å². The molecule has 106 valence electrons. The van der Waals surface area contributed by atoms with Crippen molar-refractivity contribution in [1.82, 2.24) is 15.1 Å². The van der Waals surface area contributed by atoms with Crippen LogP contribution in [0.4, 0.5) is 0 Å². The lowest BCUT2D eigenvalue weighted by atomic mass is 10.1. The zero-order valence-electron chi connectivity index (χ0n) is 11.0. The van der Waals surface area contributed by atoms with E-state index in [2.05, 4.69) is 26.3 Å². The molecule has 0 aliphatic heterocycles. The number of nitrogens with one attached hydrogen (secondary N) is 1. The molecular formula is C15H12BrN3O2. The predicted octanol–water partition coefficient (Wildman–Crippen LogP) is 3.16. The van der Waals surface area contributed by atoms with Gasteiger partial charge in [0.05, 0.1) is 5.69 Å². The van der Waals surface area contributed by atoms with Gasteiger partial charge in [-0.3, -0.25) is 4.79 Å². The van der Waals surface area contributed by atoms with Crippen LogP contribution < -0.4 is 5.32 Å². The summed E-state index contributed by atoms with van der Waals surface area (Å²) in [6.45, 7) is 0.396. The van der Waals surface area contributed by atoms with Crippen LogP contribution in [0.15, 0.2) is 63.9 Å². The average molecular weight is 346 g/mol. The Bertz CT molecular complexity index is 750. The number of para-hydroxylation sites is 1. The number of hydrogen-bond donors (Lipinski definition) is 1. The molecule has 3 aromatic rings. The molecule has 1 amide bonds. The van der Waals surface area contributed by atoms with E-state index < -0.39 is 0 Å². The van der Waals surface area contributed by atoms with Crippen molar-refractivity contribution in [3.05, 3.63) is 70.9 Å². The SMILES string of the molecule is O=C(NCc1ccccc1-n1cccn1)c1ccc(Br)o1. The second-order valence-electron chi connectivity index (χ2n) is 4.37. The molecule has 5 nitrogen and oxygen atoms in total. The molecule has 0 atom stereocenters. The summed E-state index contributed by atoms with van der Waals surface area (Å²) in [5.74, 6) is 0.0226. The van der Waals surface area contributed by atoms with Gasteiger partial charge < -0.3 is 9.73 Å². The fourth-order valence-electron chi connectivity index (χ4n) is 1.99. The van der Waals surface area contributed by atoms with Crippen molar-refractivity contribution < 1.29 is 9.21 Å². The van der Waals surface area contributed by atoms with Gasteiger partial charge in [-0.2, -0.15) is 5.10 Å². The lowest BCUT2D eigenvalue weighted by Gasteiger charge is -2.10. The number of halogens is 1. The van der Waals surface area contributed by atoms with Crippen LogP contribution in [0.1, 0.15) is 16.1 Å². The largest absolute Gasteiger partial charge is 0.444 e. The van der Waals surface area contributed by atoms with E-state index >= 15 is 0 Å². The molecule has 21 heavy (non-hydrogen) atoms. The number of amides is 1. The van der Waals surface area contributed by atoms with Gasteiger partial charge in [-0.15, -0.1) is 0 Å². The van der Waals surface area contributed by atoms with Crippen molar-refractivity contribution >= 4 is 21.8 Å². The third kappa shape index (κ3) is 3.05. The van der Waals surface area contributed by atoms with Crippen molar-refractivity contribution in [2.75, 3.05) is 0 Å². The summed E-state index contributed by atoms with van der Waals surface area (Å²) in [5.41, 5.74) is 1.91. The first-order valence-corrected chi connectivity index (χ1v) is 7.15. The van der Waals surface area contributed by atoms with Gasteiger partial charge >= 0.3 is 0 Å². The van der Waals surface area contributed by atoms with Gasteiger partial charge in [-0.25, -0.2) is 4.68 Å². The third-order valence-electron chi connectivity index (χ3n) is 2.98. The number of carbonyl (C=O) groups is 1. The van der Waals surface area contributed by atoms with E-state index in [4.69, 9.17) is 4.42 Å². The van der Waals surface area contributed by atoms with E-state index in [9.17, 15) is 4.79 Å². The van der Waals surface area contributed by atoms with Crippen molar-refractivity contribution in [3.63, 3.8) is 0 Å². The van der Waals surface area contributed by atoms with E-state index in [0.717, 1.165) is 11.3 Å². The van der Waals surface area contributed by atoms with E-state index in [1.165, 1.54) is 0 Å². The first-order valence-electron chi connectivity index (χ1n) is 6.35. The lowest BCUT2D eigenvalue weighted by molar-refractivity contribution is 0.0922. The average Bonchev–Trinajstić information content (AvgIpc) is 3.16. The molecule has 2 heterocycles. The minimum atomic E-state index is -0.254. The summed E-state index contributed by atoms with van der Waals surface area (Å²) in [6, 6.07) is 12.9. The smallest absolute Gasteiger partial charge is 0.287 e. The Hall–Kier alpha value is -2.34. The first kappa shape index (κ1) is 13.6. The summed E-state index contributed by atoms with van der Waals surface area (Å²) < 4.78 is 7.52. The summed E-state index contributed by atoms with van der Waals surface area (Å²) in [5, 5.41) is 7.05. The highest BCUT2D eigenvalue weighted by atomic mass is 79.9. The second kappa shape index (κ2) is 5.97. The van der Waals surface area contributed by atoms with Crippen molar-refractivity contribution in [3.8, 4) is 5.69 Å². The normalized spacial score (nSPS) is 10.5. The molecule has 1 N–H and O–H groups in total. The molecule has 0 radical (unpaired) electrons. The number of benzene rings is 1. The molecule has 0 saturated heterocycles. The summed E-state index contributed by atoms with van der Waals surface area (Å²) in [4.78, 5) is 12.0. The third-order valence-corrected chi connectivity index (χ3v) is 3.41. The van der Waals surface area contributed by atoms with Gasteiger partial charge in [0, 0.05) is 18.9 Å². The van der Waals surface area contributed by atoms with Crippen LogP contribution in [-0.4, -0.2) is 15.7 Å². The molecule has 0 unspecified atom stereocenters. The number of aromatic nitrogens is 2. The van der Waals surface area contributed by atoms with Crippen LogP contribution in [0.25, 0.3) is 5.69 Å². The molecule has 0 saturated carbocycles. The number of nitrogens with zero attached hydrogens (tertiary/aromatic N) is 2. The first-order chi connectivity index (χ1) is 10.2. The molecular weight excluding hydrogens is 334 g/mol. The van der Waals surface area contributed by atoms with Crippen molar-refractivity contribution in [2.45, 2.75) is 6.54 Å². The number of furan rings is 1. The van der Waals surface area contributed by atoms with E-state index in [1.807, 2.05) is 36.5 Å². The second-order valence-corrected chi connectivity index (χ2v) is 5.15. The molecule has 0 spiro atoms. The Morgan fingerprint density at radius 2 is 2.10 bits per heavy atom. The number of rotatable bonds is 4. The zero-order chi connectivity index (χ0) is 14.7. The van der Waals surface area contributed by atoms with Crippen molar-refractivity contribution in [1.29, 1.82) is 0 Å². The van der Waals surface area contributed by atoms with Crippen LogP contribution in [0.2, 0.25) is 0 Å². The highest BCUT2D eigenvalue weighted by molar-refractivity contribution is 9.10. The summed E-state index contributed by atoms with van der Waals surface area (Å²) in [6.07, 6.45) is 3.58. The Morgan fingerprint density at radius 1 is 1.24 bits per heavy atom. The van der Waals surface area contributed by atoms with E-state index in [-0.39, 0.29) is 11.7 Å². The van der Waals surface area contributed by atoms with Gasteiger partial charge in [-0.05, 0) is 45.8 Å². The predicted molar refractivity (Wildman–Crippen MR) is 81.1 cm³/mol. The quantitative estimate of drug-likeness (QED) is 0.789. The van der Waals surface area contributed by atoms with Crippen LogP contribution in [0.5, 0.6) is 0 Å². The minimum absolute atomic E-state index is 0.254. The summed E-state index contributed by atoms with van der Waals surface area (Å²) >= 11 is 3.18. The van der Waals surface area contributed by atoms with Crippen LogP contribution in [-0.2, 0) is 6.54 Å². The Kier molecular flexibility index (Phi) is 3.87. The topological polar surface area (TPSA) is 60.1 Å². The molecule has 1 aromatic carbocycles. The summed E-state index contributed by atoms with van der Waals surface area (Å²) in [7, 11) is 0. The Morgan fingerprint density at radius 3 is 2.81 bits per heavy atom. The maximum atomic E-state index is 12.0. The Labute approximate surface area is 129 Å². The minimum Gasteiger partial charge on any atom is -0.444 e. The molecule has 3 rings (SSSR count). The highest BCUT2D eigenvalue weighted by Gasteiger charge is 2.11. The Balaban J connectivity index is 1.75. The lowest BCUT2D eigenvalue weighted by Crippen LogP contribution is -2.23. The molecule has 2 aromatic heterocycles. The molecule has 0 aliphatic carbocycles. The van der Waals surface area contributed by atoms with E-state index in [0.29, 0.717) is 11.2 Å². The van der Waals surface area contributed by atoms with Gasteiger partial charge in [-0.1, -0.05) is 18.2 Å². The van der Waals surface area contributed by atoms with Gasteiger partial charge in [0.25, 0.3) is 5.91 Å². The van der Waals surface area contributed by atoms with Crippen LogP contribution in [0.3, 0.4) is 0 Å². The number of carbonyl (C=O) groups excluding carboxylic acids is 1. The van der Waals surface area contributed by atoms with Gasteiger partial charge in [0.15, 0.2) is 10.4 Å². The maximum absolute atomic E-state index is 12.0. The zero-order valence-corrected chi connectivity index (χ0v) is 12.6. The van der Waals surface area contributed by atoms with Crippen LogP contribution >= 0.6 is 15.9 Å².